The maximum atomic E-state index is 11.4. The predicted molar refractivity (Wildman–Crippen MR) is 73.0 cm³/mol. The highest BCUT2D eigenvalue weighted by Crippen LogP contribution is 2.39. The Morgan fingerprint density at radius 2 is 2.00 bits per heavy atom. The van der Waals surface area contributed by atoms with Crippen LogP contribution in [-0.4, -0.2) is 18.7 Å². The first-order valence-corrected chi connectivity index (χ1v) is 6.73. The highest BCUT2D eigenvalue weighted by Gasteiger charge is 2.41. The molecule has 2 rings (SSSR count). The third-order valence-corrected chi connectivity index (χ3v) is 3.83. The minimum Gasteiger partial charge on any atom is -0.487 e. The van der Waals surface area contributed by atoms with Crippen molar-refractivity contribution in [3.05, 3.63) is 27.8 Å². The van der Waals surface area contributed by atoms with Gasteiger partial charge in [0.05, 0.1) is 13.5 Å². The molecule has 1 aliphatic carbocycles. The lowest BCUT2D eigenvalue weighted by Gasteiger charge is -2.41. The van der Waals surface area contributed by atoms with E-state index in [0.29, 0.717) is 6.42 Å². The molecule has 1 aliphatic rings. The molecular weight excluding hydrogens is 331 g/mol. The summed E-state index contributed by atoms with van der Waals surface area (Å²) in [6, 6.07) is 7.89. The lowest BCUT2D eigenvalue weighted by molar-refractivity contribution is -0.148. The van der Waals surface area contributed by atoms with Crippen LogP contribution in [0.15, 0.2) is 24.3 Å². The zero-order valence-electron chi connectivity index (χ0n) is 9.74. The summed E-state index contributed by atoms with van der Waals surface area (Å²) in [5.41, 5.74) is -0.333. The van der Waals surface area contributed by atoms with Gasteiger partial charge in [-0.15, -0.1) is 0 Å². The molecule has 0 aliphatic heterocycles. The van der Waals surface area contributed by atoms with Crippen molar-refractivity contribution in [1.82, 2.24) is 0 Å². The molecule has 1 aromatic rings. The Hall–Kier alpha value is -0.780. The summed E-state index contributed by atoms with van der Waals surface area (Å²) in [6.07, 6.45) is 3.30. The van der Waals surface area contributed by atoms with E-state index >= 15 is 0 Å². The van der Waals surface area contributed by atoms with E-state index in [1.54, 1.807) is 0 Å². The van der Waals surface area contributed by atoms with E-state index in [-0.39, 0.29) is 11.6 Å². The van der Waals surface area contributed by atoms with Gasteiger partial charge >= 0.3 is 5.97 Å². The van der Waals surface area contributed by atoms with Gasteiger partial charge in [0.15, 0.2) is 0 Å². The number of carbonyl (C=O) groups excluding carboxylic acids is 1. The van der Waals surface area contributed by atoms with E-state index in [0.717, 1.165) is 25.0 Å². The van der Waals surface area contributed by atoms with Crippen LogP contribution in [0.3, 0.4) is 0 Å². The molecule has 0 unspecified atom stereocenters. The zero-order chi connectivity index (χ0) is 12.3. The van der Waals surface area contributed by atoms with E-state index in [1.165, 1.54) is 10.7 Å². The molecule has 0 bridgehead atoms. The Balaban J connectivity index is 2.04. The van der Waals surface area contributed by atoms with Crippen molar-refractivity contribution in [3.8, 4) is 5.75 Å². The number of halogens is 1. The number of hydrogen-bond acceptors (Lipinski definition) is 3. The van der Waals surface area contributed by atoms with E-state index in [1.807, 2.05) is 24.3 Å². The number of carbonyl (C=O) groups is 1. The van der Waals surface area contributed by atoms with Crippen LogP contribution in [0.5, 0.6) is 5.75 Å². The smallest absolute Gasteiger partial charge is 0.309 e. The fraction of sp³-hybridized carbons (Fsp3) is 0.462. The number of methoxy groups -OCH3 is 1. The summed E-state index contributed by atoms with van der Waals surface area (Å²) in [7, 11) is 1.42. The Labute approximate surface area is 115 Å². The van der Waals surface area contributed by atoms with Crippen molar-refractivity contribution in [1.29, 1.82) is 0 Å². The van der Waals surface area contributed by atoms with Crippen molar-refractivity contribution in [2.45, 2.75) is 31.3 Å². The number of hydrogen-bond donors (Lipinski definition) is 0. The summed E-state index contributed by atoms with van der Waals surface area (Å²) in [4.78, 5) is 11.4. The van der Waals surface area contributed by atoms with E-state index in [4.69, 9.17) is 9.47 Å². The molecule has 0 saturated heterocycles. The molecule has 0 heterocycles. The van der Waals surface area contributed by atoms with Crippen molar-refractivity contribution < 1.29 is 14.3 Å². The number of benzene rings is 1. The second-order valence-corrected chi connectivity index (χ2v) is 5.59. The molecule has 1 saturated carbocycles. The molecule has 1 aromatic carbocycles. The van der Waals surface area contributed by atoms with Gasteiger partial charge in [-0.05, 0) is 66.1 Å². The van der Waals surface area contributed by atoms with Gasteiger partial charge in [0, 0.05) is 3.57 Å². The summed E-state index contributed by atoms with van der Waals surface area (Å²) >= 11 is 2.25. The molecule has 0 atom stereocenters. The second kappa shape index (κ2) is 5.25. The van der Waals surface area contributed by atoms with Gasteiger partial charge in [-0.25, -0.2) is 0 Å². The van der Waals surface area contributed by atoms with Crippen LogP contribution in [0.2, 0.25) is 0 Å². The lowest BCUT2D eigenvalue weighted by atomic mass is 9.77. The van der Waals surface area contributed by atoms with E-state index < -0.39 is 0 Å². The van der Waals surface area contributed by atoms with E-state index in [9.17, 15) is 4.79 Å². The fourth-order valence-electron chi connectivity index (χ4n) is 1.97. The van der Waals surface area contributed by atoms with Crippen molar-refractivity contribution >= 4 is 28.6 Å². The average molecular weight is 346 g/mol. The first kappa shape index (κ1) is 12.7. The quantitative estimate of drug-likeness (QED) is 0.621. The Kier molecular flexibility index (Phi) is 3.91. The summed E-state index contributed by atoms with van der Waals surface area (Å²) in [6.45, 7) is 0. The first-order chi connectivity index (χ1) is 8.13. The van der Waals surface area contributed by atoms with Gasteiger partial charge in [-0.2, -0.15) is 0 Å². The summed E-state index contributed by atoms with van der Waals surface area (Å²) in [5.74, 6) is 0.629. The van der Waals surface area contributed by atoms with Crippen LogP contribution in [0.25, 0.3) is 0 Å². The Bertz CT molecular complexity index is 396. The minimum atomic E-state index is -0.333. The molecule has 0 radical (unpaired) electrons. The third kappa shape index (κ3) is 3.12. The number of ether oxygens (including phenoxy) is 2. The van der Waals surface area contributed by atoms with E-state index in [2.05, 4.69) is 22.6 Å². The molecule has 0 amide bonds. The van der Waals surface area contributed by atoms with Crippen LogP contribution >= 0.6 is 22.6 Å². The van der Waals surface area contributed by atoms with Crippen molar-refractivity contribution in [2.75, 3.05) is 7.11 Å². The summed E-state index contributed by atoms with van der Waals surface area (Å²) in [5, 5.41) is 0. The normalized spacial score (nSPS) is 17.1. The van der Waals surface area contributed by atoms with Gasteiger partial charge in [-0.3, -0.25) is 4.79 Å². The second-order valence-electron chi connectivity index (χ2n) is 4.35. The molecular formula is C13H15IO3. The van der Waals surface area contributed by atoms with Crippen molar-refractivity contribution in [3.63, 3.8) is 0 Å². The minimum absolute atomic E-state index is 0.199. The Morgan fingerprint density at radius 3 is 2.47 bits per heavy atom. The zero-order valence-corrected chi connectivity index (χ0v) is 11.9. The number of esters is 1. The molecule has 0 N–H and O–H groups in total. The largest absolute Gasteiger partial charge is 0.487 e. The van der Waals surface area contributed by atoms with Gasteiger partial charge in [0.25, 0.3) is 0 Å². The topological polar surface area (TPSA) is 35.5 Å². The molecule has 0 spiro atoms. The first-order valence-electron chi connectivity index (χ1n) is 5.65. The van der Waals surface area contributed by atoms with Crippen LogP contribution in [0, 0.1) is 3.57 Å². The molecule has 4 heteroatoms. The molecule has 1 fully saturated rings. The Morgan fingerprint density at radius 1 is 1.35 bits per heavy atom. The van der Waals surface area contributed by atoms with Gasteiger partial charge < -0.3 is 9.47 Å². The molecule has 3 nitrogen and oxygen atoms in total. The highest BCUT2D eigenvalue weighted by molar-refractivity contribution is 14.1. The predicted octanol–water partition coefficient (Wildman–Crippen LogP) is 3.16. The average Bonchev–Trinajstić information content (AvgIpc) is 2.29. The van der Waals surface area contributed by atoms with Gasteiger partial charge in [0.2, 0.25) is 0 Å². The monoisotopic (exact) mass is 346 g/mol. The SMILES string of the molecule is COC(=O)CC1(Oc2ccc(I)cc2)CCC1. The fourth-order valence-corrected chi connectivity index (χ4v) is 2.33. The molecule has 17 heavy (non-hydrogen) atoms. The van der Waals surface area contributed by atoms with Crippen LogP contribution in [-0.2, 0) is 9.53 Å². The standard InChI is InChI=1S/C13H15IO3/c1-16-12(15)9-13(7-2-8-13)17-11-5-3-10(14)4-6-11/h3-6H,2,7-9H2,1H3. The van der Waals surface area contributed by atoms with Crippen LogP contribution < -0.4 is 4.74 Å². The van der Waals surface area contributed by atoms with Crippen molar-refractivity contribution in [2.24, 2.45) is 0 Å². The summed E-state index contributed by atoms with van der Waals surface area (Å²) < 4.78 is 11.9. The van der Waals surface area contributed by atoms with Crippen LogP contribution in [0.1, 0.15) is 25.7 Å². The van der Waals surface area contributed by atoms with Crippen LogP contribution in [0.4, 0.5) is 0 Å². The maximum Gasteiger partial charge on any atom is 0.309 e. The third-order valence-electron chi connectivity index (χ3n) is 3.11. The molecule has 92 valence electrons. The van der Waals surface area contributed by atoms with Gasteiger partial charge in [-0.1, -0.05) is 0 Å². The van der Waals surface area contributed by atoms with Gasteiger partial charge in [0.1, 0.15) is 11.4 Å². The highest BCUT2D eigenvalue weighted by atomic mass is 127. The maximum absolute atomic E-state index is 11.4. The number of rotatable bonds is 4. The molecule has 0 aromatic heterocycles. The lowest BCUT2D eigenvalue weighted by Crippen LogP contribution is -2.45.